The Bertz CT molecular complexity index is 112. The van der Waals surface area contributed by atoms with Gasteiger partial charge in [-0.15, -0.1) is 23.2 Å². The van der Waals surface area contributed by atoms with E-state index in [1.807, 2.05) is 6.92 Å². The van der Waals surface area contributed by atoms with Gasteiger partial charge in [-0.05, 0) is 19.8 Å². The van der Waals surface area contributed by atoms with E-state index < -0.39 is 4.84 Å². The maximum atomic E-state index is 10.8. The molecule has 0 spiro atoms. The number of halogens is 2. The van der Waals surface area contributed by atoms with Gasteiger partial charge in [0.25, 0.3) is 0 Å². The lowest BCUT2D eigenvalue weighted by molar-refractivity contribution is -0.120. The quantitative estimate of drug-likeness (QED) is 0.612. The SMILES string of the molecule is CCC(CC(Cl)Cl)C(C)=O. The van der Waals surface area contributed by atoms with Crippen LogP contribution in [-0.2, 0) is 4.79 Å². The van der Waals surface area contributed by atoms with Gasteiger partial charge in [0.2, 0.25) is 0 Å². The van der Waals surface area contributed by atoms with Gasteiger partial charge in [-0.2, -0.15) is 0 Å². The molecule has 0 N–H and O–H groups in total. The van der Waals surface area contributed by atoms with Crippen molar-refractivity contribution in [3.05, 3.63) is 0 Å². The Morgan fingerprint density at radius 1 is 1.50 bits per heavy atom. The molecule has 1 unspecified atom stereocenters. The summed E-state index contributed by atoms with van der Waals surface area (Å²) in [5.74, 6) is 0.216. The number of carbonyl (C=O) groups is 1. The fourth-order valence-electron chi connectivity index (χ4n) is 0.835. The number of ketones is 1. The fraction of sp³-hybridized carbons (Fsp3) is 0.857. The monoisotopic (exact) mass is 182 g/mol. The summed E-state index contributed by atoms with van der Waals surface area (Å²) in [7, 11) is 0. The smallest absolute Gasteiger partial charge is 0.132 e. The van der Waals surface area contributed by atoms with E-state index in [1.165, 1.54) is 0 Å². The number of hydrogen-bond acceptors (Lipinski definition) is 1. The molecule has 10 heavy (non-hydrogen) atoms. The Balaban J connectivity index is 3.72. The van der Waals surface area contributed by atoms with Crippen molar-refractivity contribution in [1.82, 2.24) is 0 Å². The summed E-state index contributed by atoms with van der Waals surface area (Å²) in [5.41, 5.74) is 0. The molecule has 0 amide bonds. The summed E-state index contributed by atoms with van der Waals surface area (Å²) >= 11 is 11.0. The molecule has 0 aromatic rings. The Labute approximate surface area is 71.7 Å². The predicted octanol–water partition coefficient (Wildman–Crippen LogP) is 2.80. The lowest BCUT2D eigenvalue weighted by atomic mass is 9.99. The molecule has 0 aliphatic carbocycles. The maximum Gasteiger partial charge on any atom is 0.132 e. The van der Waals surface area contributed by atoms with Gasteiger partial charge < -0.3 is 0 Å². The summed E-state index contributed by atoms with van der Waals surface area (Å²) in [6, 6.07) is 0. The minimum absolute atomic E-state index is 0.0417. The van der Waals surface area contributed by atoms with Crippen LogP contribution in [0.15, 0.2) is 0 Å². The standard InChI is InChI=1S/C7H12Cl2O/c1-3-6(5(2)10)4-7(8)9/h6-7H,3-4H2,1-2H3. The summed E-state index contributed by atoms with van der Waals surface area (Å²) < 4.78 is 0. The normalized spacial score (nSPS) is 13.7. The van der Waals surface area contributed by atoms with Crippen LogP contribution >= 0.6 is 23.2 Å². The van der Waals surface area contributed by atoms with Crippen LogP contribution in [-0.4, -0.2) is 10.6 Å². The van der Waals surface area contributed by atoms with Crippen LogP contribution in [0.1, 0.15) is 26.7 Å². The molecule has 0 aliphatic heterocycles. The second-order valence-corrected chi connectivity index (χ2v) is 3.62. The minimum atomic E-state index is -0.408. The van der Waals surface area contributed by atoms with Crippen LogP contribution in [0.3, 0.4) is 0 Å². The van der Waals surface area contributed by atoms with Crippen LogP contribution in [0, 0.1) is 5.92 Å². The first-order valence-electron chi connectivity index (χ1n) is 3.36. The van der Waals surface area contributed by atoms with Gasteiger partial charge in [0.05, 0.1) is 0 Å². The van der Waals surface area contributed by atoms with Crippen LogP contribution < -0.4 is 0 Å². The van der Waals surface area contributed by atoms with E-state index in [-0.39, 0.29) is 11.7 Å². The highest BCUT2D eigenvalue weighted by Gasteiger charge is 2.14. The van der Waals surface area contributed by atoms with E-state index in [0.717, 1.165) is 6.42 Å². The zero-order valence-corrected chi connectivity index (χ0v) is 7.74. The molecule has 1 atom stereocenters. The predicted molar refractivity (Wildman–Crippen MR) is 44.6 cm³/mol. The molecule has 0 saturated carbocycles. The third-order valence-corrected chi connectivity index (χ3v) is 1.89. The molecular formula is C7H12Cl2O. The van der Waals surface area contributed by atoms with Crippen molar-refractivity contribution >= 4 is 29.0 Å². The summed E-state index contributed by atoms with van der Waals surface area (Å²) in [6.45, 7) is 3.53. The highest BCUT2D eigenvalue weighted by atomic mass is 35.5. The van der Waals surface area contributed by atoms with Gasteiger partial charge in [0.1, 0.15) is 10.6 Å². The molecule has 0 heterocycles. The van der Waals surface area contributed by atoms with Crippen molar-refractivity contribution < 1.29 is 4.79 Å². The molecule has 0 saturated heterocycles. The highest BCUT2D eigenvalue weighted by Crippen LogP contribution is 2.18. The van der Waals surface area contributed by atoms with Crippen LogP contribution in [0.5, 0.6) is 0 Å². The van der Waals surface area contributed by atoms with E-state index >= 15 is 0 Å². The van der Waals surface area contributed by atoms with Gasteiger partial charge in [-0.3, -0.25) is 4.79 Å². The molecule has 0 radical (unpaired) electrons. The molecule has 1 nitrogen and oxygen atoms in total. The lowest BCUT2D eigenvalue weighted by Crippen LogP contribution is -2.12. The zero-order chi connectivity index (χ0) is 8.15. The van der Waals surface area contributed by atoms with Gasteiger partial charge in [-0.1, -0.05) is 6.92 Å². The van der Waals surface area contributed by atoms with Crippen molar-refractivity contribution in [3.8, 4) is 0 Å². The Morgan fingerprint density at radius 2 is 2.00 bits per heavy atom. The van der Waals surface area contributed by atoms with Crippen molar-refractivity contribution in [1.29, 1.82) is 0 Å². The summed E-state index contributed by atoms with van der Waals surface area (Å²) in [4.78, 5) is 10.4. The number of rotatable bonds is 4. The highest BCUT2D eigenvalue weighted by molar-refractivity contribution is 6.44. The van der Waals surface area contributed by atoms with Gasteiger partial charge in [-0.25, -0.2) is 0 Å². The molecular weight excluding hydrogens is 171 g/mol. The van der Waals surface area contributed by atoms with Crippen LogP contribution in [0.25, 0.3) is 0 Å². The third-order valence-electron chi connectivity index (χ3n) is 1.53. The number of carbonyl (C=O) groups excluding carboxylic acids is 1. The molecule has 0 aliphatic rings. The number of Topliss-reactive ketones (excluding diaryl/α,β-unsaturated/α-hetero) is 1. The van der Waals surface area contributed by atoms with E-state index in [0.29, 0.717) is 6.42 Å². The average Bonchev–Trinajstić information content (AvgIpc) is 1.81. The van der Waals surface area contributed by atoms with Crippen molar-refractivity contribution in [2.45, 2.75) is 31.5 Å². The Hall–Kier alpha value is 0.250. The molecule has 3 heteroatoms. The lowest BCUT2D eigenvalue weighted by Gasteiger charge is -2.10. The van der Waals surface area contributed by atoms with Crippen LogP contribution in [0.2, 0.25) is 0 Å². The molecule has 0 aromatic carbocycles. The molecule has 60 valence electrons. The first-order chi connectivity index (χ1) is 4.57. The average molecular weight is 183 g/mol. The summed E-state index contributed by atoms with van der Waals surface area (Å²) in [6.07, 6.45) is 1.40. The van der Waals surface area contributed by atoms with Crippen molar-refractivity contribution in [3.63, 3.8) is 0 Å². The first-order valence-corrected chi connectivity index (χ1v) is 4.23. The summed E-state index contributed by atoms with van der Waals surface area (Å²) in [5, 5.41) is 0. The van der Waals surface area contributed by atoms with Crippen molar-refractivity contribution in [2.75, 3.05) is 0 Å². The maximum absolute atomic E-state index is 10.8. The minimum Gasteiger partial charge on any atom is -0.300 e. The van der Waals surface area contributed by atoms with Crippen LogP contribution in [0.4, 0.5) is 0 Å². The topological polar surface area (TPSA) is 17.1 Å². The molecule has 0 rings (SSSR count). The van der Waals surface area contributed by atoms with E-state index in [1.54, 1.807) is 6.92 Å². The Kier molecular flexibility index (Phi) is 5.10. The van der Waals surface area contributed by atoms with E-state index in [4.69, 9.17) is 23.2 Å². The van der Waals surface area contributed by atoms with Gasteiger partial charge in [0, 0.05) is 5.92 Å². The molecule has 0 aromatic heterocycles. The number of hydrogen-bond donors (Lipinski definition) is 0. The van der Waals surface area contributed by atoms with Gasteiger partial charge >= 0.3 is 0 Å². The molecule has 0 fully saturated rings. The van der Waals surface area contributed by atoms with Gasteiger partial charge in [0.15, 0.2) is 0 Å². The fourth-order valence-corrected chi connectivity index (χ4v) is 1.27. The van der Waals surface area contributed by atoms with E-state index in [2.05, 4.69) is 0 Å². The van der Waals surface area contributed by atoms with E-state index in [9.17, 15) is 4.79 Å². The largest absolute Gasteiger partial charge is 0.300 e. The number of alkyl halides is 2. The Morgan fingerprint density at radius 3 is 2.10 bits per heavy atom. The second-order valence-electron chi connectivity index (χ2n) is 2.34. The van der Waals surface area contributed by atoms with Crippen molar-refractivity contribution in [2.24, 2.45) is 5.92 Å². The first kappa shape index (κ1) is 10.2. The second kappa shape index (κ2) is 4.97. The molecule has 0 bridgehead atoms. The zero-order valence-electron chi connectivity index (χ0n) is 6.23. The third kappa shape index (κ3) is 4.13.